The summed E-state index contributed by atoms with van der Waals surface area (Å²) in [5, 5.41) is 9.65. The average molecular weight is 303 g/mol. The topological polar surface area (TPSA) is 66.8 Å². The average Bonchev–Trinajstić information content (AvgIpc) is 2.54. The van der Waals surface area contributed by atoms with E-state index in [0.717, 1.165) is 24.0 Å². The lowest BCUT2D eigenvalue weighted by molar-refractivity contribution is -0.144. The van der Waals surface area contributed by atoms with Crippen LogP contribution in [0.1, 0.15) is 43.4 Å². The summed E-state index contributed by atoms with van der Waals surface area (Å²) >= 11 is 0. The first-order valence-electron chi connectivity index (χ1n) is 7.46. The highest BCUT2D eigenvalue weighted by molar-refractivity contribution is 5.77. The van der Waals surface area contributed by atoms with Gasteiger partial charge in [0.05, 0.1) is 19.1 Å². The number of nitrogens with zero attached hydrogens (tertiary/aromatic N) is 1. The Kier molecular flexibility index (Phi) is 5.20. The highest BCUT2D eigenvalue weighted by atomic mass is 16.5. The van der Waals surface area contributed by atoms with E-state index in [9.17, 15) is 14.7 Å². The number of carboxylic acids is 1. The minimum Gasteiger partial charge on any atom is -0.481 e. The molecule has 118 valence electrons. The number of amides is 1. The van der Waals surface area contributed by atoms with Crippen molar-refractivity contribution >= 4 is 18.1 Å². The monoisotopic (exact) mass is 303 g/mol. The summed E-state index contributed by atoms with van der Waals surface area (Å²) in [4.78, 5) is 25.2. The van der Waals surface area contributed by atoms with Gasteiger partial charge in [0, 0.05) is 6.20 Å². The number of carbonyl (C=O) groups excluding carboxylic acids is 1. The van der Waals surface area contributed by atoms with Crippen molar-refractivity contribution in [1.29, 1.82) is 0 Å². The van der Waals surface area contributed by atoms with Crippen molar-refractivity contribution in [2.75, 3.05) is 7.11 Å². The van der Waals surface area contributed by atoms with Crippen LogP contribution in [0.15, 0.2) is 30.5 Å². The SMILES string of the molecule is CCCC[C@@H](C(=O)O)[C@H]1c2ccccc2C=CN1C(=O)OC. The molecule has 5 nitrogen and oxygen atoms in total. The summed E-state index contributed by atoms with van der Waals surface area (Å²) in [7, 11) is 1.30. The van der Waals surface area contributed by atoms with E-state index in [1.807, 2.05) is 37.3 Å². The van der Waals surface area contributed by atoms with Crippen molar-refractivity contribution in [2.24, 2.45) is 5.92 Å². The van der Waals surface area contributed by atoms with Gasteiger partial charge >= 0.3 is 12.1 Å². The normalized spacial score (nSPS) is 17.7. The number of unbranched alkanes of at least 4 members (excludes halogenated alkanes) is 1. The number of rotatable bonds is 5. The highest BCUT2D eigenvalue weighted by Crippen LogP contribution is 2.38. The van der Waals surface area contributed by atoms with Gasteiger partial charge in [0.15, 0.2) is 0 Å². The second kappa shape index (κ2) is 7.11. The number of hydrogen-bond acceptors (Lipinski definition) is 3. The number of fused-ring (bicyclic) bond motifs is 1. The maximum atomic E-state index is 12.0. The molecule has 1 aliphatic rings. The van der Waals surface area contributed by atoms with E-state index >= 15 is 0 Å². The fourth-order valence-corrected chi connectivity index (χ4v) is 2.87. The molecule has 2 atom stereocenters. The first-order chi connectivity index (χ1) is 10.6. The van der Waals surface area contributed by atoms with E-state index in [-0.39, 0.29) is 0 Å². The second-order valence-electron chi connectivity index (χ2n) is 5.35. The molecule has 0 bridgehead atoms. The van der Waals surface area contributed by atoms with Crippen LogP contribution in [0.5, 0.6) is 0 Å². The van der Waals surface area contributed by atoms with Crippen molar-refractivity contribution in [3.8, 4) is 0 Å². The third-order valence-electron chi connectivity index (χ3n) is 3.98. The number of carbonyl (C=O) groups is 2. The maximum absolute atomic E-state index is 12.0. The Bertz CT molecular complexity index is 582. The van der Waals surface area contributed by atoms with Crippen LogP contribution < -0.4 is 0 Å². The van der Waals surface area contributed by atoms with Gasteiger partial charge in [-0.05, 0) is 23.6 Å². The summed E-state index contributed by atoms with van der Waals surface area (Å²) in [5.74, 6) is -1.55. The predicted molar refractivity (Wildman–Crippen MR) is 83.1 cm³/mol. The summed E-state index contributed by atoms with van der Waals surface area (Å²) in [6.45, 7) is 2.02. The van der Waals surface area contributed by atoms with Gasteiger partial charge in [-0.2, -0.15) is 0 Å². The van der Waals surface area contributed by atoms with Crippen molar-refractivity contribution < 1.29 is 19.4 Å². The van der Waals surface area contributed by atoms with Crippen LogP contribution in [0.2, 0.25) is 0 Å². The van der Waals surface area contributed by atoms with Crippen LogP contribution in [-0.4, -0.2) is 29.2 Å². The smallest absolute Gasteiger partial charge is 0.414 e. The third-order valence-corrected chi connectivity index (χ3v) is 3.98. The molecule has 0 saturated heterocycles. The molecular formula is C17H21NO4. The minimum atomic E-state index is -0.891. The summed E-state index contributed by atoms with van der Waals surface area (Å²) < 4.78 is 4.81. The quantitative estimate of drug-likeness (QED) is 0.901. The van der Waals surface area contributed by atoms with Gasteiger partial charge in [-0.15, -0.1) is 0 Å². The Hall–Kier alpha value is -2.30. The van der Waals surface area contributed by atoms with E-state index in [4.69, 9.17) is 4.74 Å². The molecule has 1 aromatic rings. The van der Waals surface area contributed by atoms with Crippen LogP contribution in [0.25, 0.3) is 6.08 Å². The highest BCUT2D eigenvalue weighted by Gasteiger charge is 2.38. The van der Waals surface area contributed by atoms with Crippen molar-refractivity contribution in [2.45, 2.75) is 32.2 Å². The van der Waals surface area contributed by atoms with Crippen LogP contribution in [0.3, 0.4) is 0 Å². The van der Waals surface area contributed by atoms with Gasteiger partial charge in [-0.25, -0.2) is 4.79 Å². The van der Waals surface area contributed by atoms with Gasteiger partial charge in [-0.3, -0.25) is 9.69 Å². The van der Waals surface area contributed by atoms with Crippen LogP contribution in [0.4, 0.5) is 4.79 Å². The molecule has 1 amide bonds. The Morgan fingerprint density at radius 3 is 2.73 bits per heavy atom. The maximum Gasteiger partial charge on any atom is 0.414 e. The van der Waals surface area contributed by atoms with Gasteiger partial charge in [0.1, 0.15) is 0 Å². The number of methoxy groups -OCH3 is 1. The number of benzene rings is 1. The largest absolute Gasteiger partial charge is 0.481 e. The molecule has 1 N–H and O–H groups in total. The van der Waals surface area contributed by atoms with Gasteiger partial charge < -0.3 is 9.84 Å². The molecule has 0 spiro atoms. The van der Waals surface area contributed by atoms with Gasteiger partial charge in [-0.1, -0.05) is 44.0 Å². The molecule has 0 saturated carbocycles. The molecule has 0 aromatic heterocycles. The number of carboxylic acid groups (broad SMARTS) is 1. The van der Waals surface area contributed by atoms with Gasteiger partial charge in [0.2, 0.25) is 0 Å². The van der Waals surface area contributed by atoms with E-state index in [2.05, 4.69) is 0 Å². The first-order valence-corrected chi connectivity index (χ1v) is 7.46. The Morgan fingerprint density at radius 1 is 1.36 bits per heavy atom. The predicted octanol–water partition coefficient (Wildman–Crippen LogP) is 3.67. The molecule has 22 heavy (non-hydrogen) atoms. The van der Waals surface area contributed by atoms with Crippen molar-refractivity contribution in [3.63, 3.8) is 0 Å². The molecule has 1 aromatic carbocycles. The van der Waals surface area contributed by atoms with Crippen molar-refractivity contribution in [1.82, 2.24) is 4.90 Å². The molecule has 1 aliphatic heterocycles. The molecule has 2 rings (SSSR count). The summed E-state index contributed by atoms with van der Waals surface area (Å²) in [6.07, 6.45) is 5.10. The first kappa shape index (κ1) is 16.1. The number of ether oxygens (including phenoxy) is 1. The second-order valence-corrected chi connectivity index (χ2v) is 5.35. The van der Waals surface area contributed by atoms with E-state index in [0.29, 0.717) is 6.42 Å². The zero-order valence-electron chi connectivity index (χ0n) is 12.9. The molecule has 0 radical (unpaired) electrons. The van der Waals surface area contributed by atoms with E-state index < -0.39 is 24.0 Å². The molecular weight excluding hydrogens is 282 g/mol. The molecule has 1 heterocycles. The zero-order valence-corrected chi connectivity index (χ0v) is 12.9. The van der Waals surface area contributed by atoms with Crippen LogP contribution in [-0.2, 0) is 9.53 Å². The van der Waals surface area contributed by atoms with Crippen molar-refractivity contribution in [3.05, 3.63) is 41.6 Å². The minimum absolute atomic E-state index is 0.520. The standard InChI is InChI=1S/C17H21NO4/c1-3-4-8-14(16(19)20)15-13-9-6-5-7-12(13)10-11-18(15)17(21)22-2/h5-7,9-11,14-15H,3-4,8H2,1-2H3,(H,19,20)/t14-,15-/m1/s1. The Morgan fingerprint density at radius 2 is 2.09 bits per heavy atom. The van der Waals surface area contributed by atoms with E-state index in [1.54, 1.807) is 6.20 Å². The Labute approximate surface area is 130 Å². The van der Waals surface area contributed by atoms with Crippen LogP contribution >= 0.6 is 0 Å². The van der Waals surface area contributed by atoms with Gasteiger partial charge in [0.25, 0.3) is 0 Å². The number of aliphatic carboxylic acids is 1. The lowest BCUT2D eigenvalue weighted by atomic mass is 9.84. The molecule has 0 fully saturated rings. The summed E-state index contributed by atoms with van der Waals surface area (Å²) in [6, 6.07) is 7.01. The van der Waals surface area contributed by atoms with Crippen LogP contribution in [0, 0.1) is 5.92 Å². The fraction of sp³-hybridized carbons (Fsp3) is 0.412. The third kappa shape index (κ3) is 3.13. The Balaban J connectivity index is 2.46. The lowest BCUT2D eigenvalue weighted by Crippen LogP contribution is -2.39. The fourth-order valence-electron chi connectivity index (χ4n) is 2.87. The molecule has 0 unspecified atom stereocenters. The van der Waals surface area contributed by atoms with E-state index in [1.165, 1.54) is 12.0 Å². The molecule has 0 aliphatic carbocycles. The molecule has 5 heteroatoms. The lowest BCUT2D eigenvalue weighted by Gasteiger charge is -2.35. The number of hydrogen-bond donors (Lipinski definition) is 1. The summed E-state index contributed by atoms with van der Waals surface area (Å²) in [5.41, 5.74) is 1.79. The zero-order chi connectivity index (χ0) is 16.1.